The summed E-state index contributed by atoms with van der Waals surface area (Å²) in [6, 6.07) is 12.6. The number of hydrogen-bond acceptors (Lipinski definition) is 6. The van der Waals surface area contributed by atoms with Crippen molar-refractivity contribution in [3.05, 3.63) is 59.1 Å². The number of carbonyl (C=O) groups is 1. The van der Waals surface area contributed by atoms with Gasteiger partial charge in [0, 0.05) is 18.1 Å². The summed E-state index contributed by atoms with van der Waals surface area (Å²) in [5, 5.41) is 0.602. The van der Waals surface area contributed by atoms with Crippen molar-refractivity contribution in [1.29, 1.82) is 0 Å². The fourth-order valence-electron chi connectivity index (χ4n) is 2.63. The van der Waals surface area contributed by atoms with E-state index in [4.69, 9.17) is 25.8 Å². The molecule has 1 fully saturated rings. The van der Waals surface area contributed by atoms with Gasteiger partial charge in [0.15, 0.2) is 0 Å². The van der Waals surface area contributed by atoms with E-state index in [0.717, 1.165) is 0 Å². The first-order valence-corrected chi connectivity index (χ1v) is 10.5. The maximum Gasteiger partial charge on any atom is 0.338 e. The quantitative estimate of drug-likeness (QED) is 0.501. The number of rotatable bonds is 7. The Kier molecular flexibility index (Phi) is 6.90. The van der Waals surface area contributed by atoms with Gasteiger partial charge in [0.1, 0.15) is 19.0 Å². The number of morpholine rings is 1. The van der Waals surface area contributed by atoms with E-state index < -0.39 is 16.0 Å². The average molecular weight is 426 g/mol. The molecule has 28 heavy (non-hydrogen) atoms. The third-order valence-corrected chi connectivity index (χ3v) is 6.22. The van der Waals surface area contributed by atoms with Crippen molar-refractivity contribution in [2.75, 3.05) is 39.5 Å². The van der Waals surface area contributed by atoms with Gasteiger partial charge in [-0.2, -0.15) is 4.31 Å². The summed E-state index contributed by atoms with van der Waals surface area (Å²) < 4.78 is 42.5. The first kappa shape index (κ1) is 20.6. The van der Waals surface area contributed by atoms with Crippen LogP contribution in [0.5, 0.6) is 5.75 Å². The molecule has 3 rings (SSSR count). The predicted octanol–water partition coefficient (Wildman–Crippen LogP) is 2.60. The lowest BCUT2D eigenvalue weighted by Gasteiger charge is -2.26. The SMILES string of the molecule is O=C(OCCOc1ccc(Cl)cc1)c1cccc(S(=O)(=O)N2CCOCC2)c1. The van der Waals surface area contributed by atoms with E-state index in [9.17, 15) is 13.2 Å². The molecule has 7 nitrogen and oxygen atoms in total. The van der Waals surface area contributed by atoms with Crippen LogP contribution >= 0.6 is 11.6 Å². The monoisotopic (exact) mass is 425 g/mol. The van der Waals surface area contributed by atoms with Gasteiger partial charge in [-0.1, -0.05) is 17.7 Å². The van der Waals surface area contributed by atoms with Crippen molar-refractivity contribution in [3.8, 4) is 5.75 Å². The number of sulfonamides is 1. The molecule has 0 aromatic heterocycles. The normalized spacial score (nSPS) is 15.2. The van der Waals surface area contributed by atoms with Crippen LogP contribution in [0, 0.1) is 0 Å². The van der Waals surface area contributed by atoms with E-state index in [2.05, 4.69) is 0 Å². The van der Waals surface area contributed by atoms with E-state index in [1.54, 1.807) is 24.3 Å². The Labute approximate surface area is 168 Å². The maximum atomic E-state index is 12.7. The van der Waals surface area contributed by atoms with Crippen LogP contribution in [0.15, 0.2) is 53.4 Å². The fourth-order valence-corrected chi connectivity index (χ4v) is 4.21. The lowest BCUT2D eigenvalue weighted by atomic mass is 10.2. The second-order valence-corrected chi connectivity index (χ2v) is 8.36. The minimum atomic E-state index is -3.67. The fraction of sp³-hybridized carbons (Fsp3) is 0.316. The summed E-state index contributed by atoms with van der Waals surface area (Å²) in [4.78, 5) is 12.3. The van der Waals surface area contributed by atoms with Crippen molar-refractivity contribution < 1.29 is 27.4 Å². The van der Waals surface area contributed by atoms with Crippen molar-refractivity contribution in [1.82, 2.24) is 4.31 Å². The average Bonchev–Trinajstić information content (AvgIpc) is 2.73. The summed E-state index contributed by atoms with van der Waals surface area (Å²) >= 11 is 5.80. The highest BCUT2D eigenvalue weighted by Crippen LogP contribution is 2.19. The zero-order valence-electron chi connectivity index (χ0n) is 15.0. The summed E-state index contributed by atoms with van der Waals surface area (Å²) in [7, 11) is -3.67. The van der Waals surface area contributed by atoms with Crippen LogP contribution < -0.4 is 4.74 Å². The molecule has 1 saturated heterocycles. The zero-order valence-corrected chi connectivity index (χ0v) is 16.6. The number of benzene rings is 2. The molecular formula is C19H20ClNO6S. The molecule has 0 bridgehead atoms. The van der Waals surface area contributed by atoms with Crippen LogP contribution in [-0.2, 0) is 19.5 Å². The van der Waals surface area contributed by atoms with Crippen molar-refractivity contribution in [3.63, 3.8) is 0 Å². The predicted molar refractivity (Wildman–Crippen MR) is 103 cm³/mol. The molecule has 0 atom stereocenters. The largest absolute Gasteiger partial charge is 0.490 e. The Morgan fingerprint density at radius 1 is 1.07 bits per heavy atom. The number of hydrogen-bond donors (Lipinski definition) is 0. The van der Waals surface area contributed by atoms with E-state index in [1.165, 1.54) is 28.6 Å². The molecule has 1 aliphatic heterocycles. The third kappa shape index (κ3) is 5.23. The van der Waals surface area contributed by atoms with Gasteiger partial charge in [0.2, 0.25) is 10.0 Å². The van der Waals surface area contributed by atoms with Gasteiger partial charge in [-0.15, -0.1) is 0 Å². The summed E-state index contributed by atoms with van der Waals surface area (Å²) in [6.07, 6.45) is 0. The van der Waals surface area contributed by atoms with Crippen LogP contribution in [0.1, 0.15) is 10.4 Å². The van der Waals surface area contributed by atoms with Crippen molar-refractivity contribution in [2.45, 2.75) is 4.90 Å². The van der Waals surface area contributed by atoms with Gasteiger partial charge in [-0.25, -0.2) is 13.2 Å². The molecule has 0 amide bonds. The van der Waals surface area contributed by atoms with Gasteiger partial charge in [0.05, 0.1) is 23.7 Å². The number of nitrogens with zero attached hydrogens (tertiary/aromatic N) is 1. The van der Waals surface area contributed by atoms with Gasteiger partial charge >= 0.3 is 5.97 Å². The van der Waals surface area contributed by atoms with Crippen LogP contribution in [-0.4, -0.2) is 58.2 Å². The molecule has 2 aromatic rings. The van der Waals surface area contributed by atoms with E-state index in [-0.39, 0.29) is 23.7 Å². The summed E-state index contributed by atoms with van der Waals surface area (Å²) in [6.45, 7) is 1.49. The lowest BCUT2D eigenvalue weighted by molar-refractivity contribution is 0.0450. The highest BCUT2D eigenvalue weighted by molar-refractivity contribution is 7.89. The highest BCUT2D eigenvalue weighted by Gasteiger charge is 2.27. The Morgan fingerprint density at radius 3 is 2.50 bits per heavy atom. The Balaban J connectivity index is 1.56. The zero-order chi connectivity index (χ0) is 20.0. The Hall–Kier alpha value is -2.13. The smallest absolute Gasteiger partial charge is 0.338 e. The molecule has 1 aliphatic rings. The van der Waals surface area contributed by atoms with E-state index in [1.807, 2.05) is 0 Å². The minimum Gasteiger partial charge on any atom is -0.490 e. The molecule has 1 heterocycles. The van der Waals surface area contributed by atoms with E-state index in [0.29, 0.717) is 37.1 Å². The Morgan fingerprint density at radius 2 is 1.79 bits per heavy atom. The maximum absolute atomic E-state index is 12.7. The van der Waals surface area contributed by atoms with Crippen LogP contribution in [0.25, 0.3) is 0 Å². The number of halogens is 1. The molecule has 9 heteroatoms. The highest BCUT2D eigenvalue weighted by atomic mass is 35.5. The molecular weight excluding hydrogens is 406 g/mol. The summed E-state index contributed by atoms with van der Waals surface area (Å²) in [5.74, 6) is -0.00205. The molecule has 0 spiro atoms. The lowest BCUT2D eigenvalue weighted by Crippen LogP contribution is -2.40. The first-order chi connectivity index (χ1) is 13.5. The van der Waals surface area contributed by atoms with E-state index >= 15 is 0 Å². The standard InChI is InChI=1S/C19H20ClNO6S/c20-16-4-6-17(7-5-16)26-12-13-27-19(22)15-2-1-3-18(14-15)28(23,24)21-8-10-25-11-9-21/h1-7,14H,8-13H2. The Bertz CT molecular complexity index is 910. The van der Waals surface area contributed by atoms with Gasteiger partial charge in [0.25, 0.3) is 0 Å². The second kappa shape index (κ2) is 9.38. The van der Waals surface area contributed by atoms with Crippen LogP contribution in [0.3, 0.4) is 0 Å². The molecule has 0 N–H and O–H groups in total. The number of ether oxygens (including phenoxy) is 3. The van der Waals surface area contributed by atoms with Gasteiger partial charge in [-0.05, 0) is 42.5 Å². The third-order valence-electron chi connectivity index (χ3n) is 4.08. The van der Waals surface area contributed by atoms with Crippen molar-refractivity contribution in [2.24, 2.45) is 0 Å². The van der Waals surface area contributed by atoms with Crippen LogP contribution in [0.4, 0.5) is 0 Å². The second-order valence-electron chi connectivity index (χ2n) is 5.98. The minimum absolute atomic E-state index is 0.0297. The topological polar surface area (TPSA) is 82.1 Å². The van der Waals surface area contributed by atoms with Gasteiger partial charge < -0.3 is 14.2 Å². The molecule has 0 unspecified atom stereocenters. The van der Waals surface area contributed by atoms with Crippen molar-refractivity contribution >= 4 is 27.6 Å². The van der Waals surface area contributed by atoms with Crippen LogP contribution in [0.2, 0.25) is 5.02 Å². The summed E-state index contributed by atoms with van der Waals surface area (Å²) in [5.41, 5.74) is 0.167. The molecule has 150 valence electrons. The first-order valence-electron chi connectivity index (χ1n) is 8.70. The van der Waals surface area contributed by atoms with Gasteiger partial charge in [-0.3, -0.25) is 0 Å². The molecule has 0 aliphatic carbocycles. The number of carbonyl (C=O) groups excluding carboxylic acids is 1. The molecule has 0 radical (unpaired) electrons. The molecule has 0 saturated carbocycles. The molecule has 2 aromatic carbocycles. The number of esters is 1.